The van der Waals surface area contributed by atoms with Crippen molar-refractivity contribution in [2.75, 3.05) is 16.0 Å². The molecule has 0 unspecified atom stereocenters. The van der Waals surface area contributed by atoms with Crippen LogP contribution < -0.4 is 16.0 Å². The van der Waals surface area contributed by atoms with E-state index in [1.165, 1.54) is 0 Å². The lowest BCUT2D eigenvalue weighted by Crippen LogP contribution is -2.32. The monoisotopic (exact) mass is 371 g/mol. The highest BCUT2D eigenvalue weighted by molar-refractivity contribution is 6.31. The molecular formula is C20H22ClN3O2. The van der Waals surface area contributed by atoms with E-state index in [4.69, 9.17) is 11.6 Å². The summed E-state index contributed by atoms with van der Waals surface area (Å²) in [7, 11) is 0. The molecule has 1 atom stereocenters. The Morgan fingerprint density at radius 1 is 1.04 bits per heavy atom. The normalized spacial score (nSPS) is 14.4. The van der Waals surface area contributed by atoms with Crippen molar-refractivity contribution in [3.8, 4) is 0 Å². The van der Waals surface area contributed by atoms with Crippen LogP contribution in [0.25, 0.3) is 0 Å². The lowest BCUT2D eigenvalue weighted by Gasteiger charge is -2.17. The molecular weight excluding hydrogens is 350 g/mol. The Hall–Kier alpha value is -2.53. The largest absolute Gasteiger partial charge is 0.374 e. The van der Waals surface area contributed by atoms with Gasteiger partial charge in [-0.15, -0.1) is 0 Å². The Bertz CT molecular complexity index is 816. The fourth-order valence-corrected chi connectivity index (χ4v) is 2.71. The van der Waals surface area contributed by atoms with Gasteiger partial charge in [0.15, 0.2) is 0 Å². The van der Waals surface area contributed by atoms with E-state index in [0.29, 0.717) is 10.7 Å². The van der Waals surface area contributed by atoms with Gasteiger partial charge in [0.25, 0.3) is 0 Å². The van der Waals surface area contributed by atoms with Crippen LogP contribution in [-0.2, 0) is 9.59 Å². The molecule has 2 aromatic carbocycles. The Balaban J connectivity index is 1.56. The minimum atomic E-state index is -0.430. The minimum Gasteiger partial charge on any atom is -0.374 e. The van der Waals surface area contributed by atoms with Gasteiger partial charge in [0.05, 0.1) is 0 Å². The van der Waals surface area contributed by atoms with Gasteiger partial charge in [-0.3, -0.25) is 9.59 Å². The maximum absolute atomic E-state index is 12.4. The average molecular weight is 372 g/mol. The maximum Gasteiger partial charge on any atom is 0.246 e. The Morgan fingerprint density at radius 3 is 2.35 bits per heavy atom. The van der Waals surface area contributed by atoms with E-state index in [0.717, 1.165) is 29.8 Å². The lowest BCUT2D eigenvalue weighted by atomic mass is 10.2. The smallest absolute Gasteiger partial charge is 0.246 e. The summed E-state index contributed by atoms with van der Waals surface area (Å²) in [6.45, 7) is 3.66. The SMILES string of the molecule is Cc1c(Cl)cccc1NC(=O)[C@H](C)Nc1ccc(NC(=O)C2CC2)cc1. The van der Waals surface area contributed by atoms with Gasteiger partial charge in [-0.05, 0) is 68.7 Å². The fraction of sp³-hybridized carbons (Fsp3) is 0.300. The number of halogens is 1. The number of carbonyl (C=O) groups excluding carboxylic acids is 2. The van der Waals surface area contributed by atoms with Gasteiger partial charge in [0.1, 0.15) is 6.04 Å². The van der Waals surface area contributed by atoms with Gasteiger partial charge in [0.2, 0.25) is 11.8 Å². The number of hydrogen-bond donors (Lipinski definition) is 3. The van der Waals surface area contributed by atoms with Gasteiger partial charge in [-0.1, -0.05) is 17.7 Å². The second-order valence-corrected chi connectivity index (χ2v) is 7.02. The number of amides is 2. The maximum atomic E-state index is 12.4. The molecule has 0 bridgehead atoms. The number of benzene rings is 2. The first-order valence-electron chi connectivity index (χ1n) is 8.67. The summed E-state index contributed by atoms with van der Waals surface area (Å²) in [5.41, 5.74) is 3.11. The van der Waals surface area contributed by atoms with Gasteiger partial charge in [-0.25, -0.2) is 0 Å². The summed E-state index contributed by atoms with van der Waals surface area (Å²) in [5.74, 6) is 0.100. The van der Waals surface area contributed by atoms with E-state index in [1.807, 2.05) is 37.3 Å². The van der Waals surface area contributed by atoms with Gasteiger partial charge in [0, 0.05) is 28.0 Å². The number of hydrogen-bond acceptors (Lipinski definition) is 3. The molecule has 1 saturated carbocycles. The first kappa shape index (κ1) is 18.3. The molecule has 6 heteroatoms. The van der Waals surface area contributed by atoms with E-state index < -0.39 is 6.04 Å². The number of nitrogens with one attached hydrogen (secondary N) is 3. The zero-order valence-electron chi connectivity index (χ0n) is 14.8. The number of carbonyl (C=O) groups is 2. The highest BCUT2D eigenvalue weighted by Crippen LogP contribution is 2.30. The predicted molar refractivity (Wildman–Crippen MR) is 106 cm³/mol. The zero-order chi connectivity index (χ0) is 18.7. The van der Waals surface area contributed by atoms with Crippen LogP contribution >= 0.6 is 11.6 Å². The summed E-state index contributed by atoms with van der Waals surface area (Å²) in [5, 5.41) is 9.55. The van der Waals surface area contributed by atoms with Crippen LogP contribution in [0.1, 0.15) is 25.3 Å². The van der Waals surface area contributed by atoms with Crippen LogP contribution in [0.4, 0.5) is 17.1 Å². The van der Waals surface area contributed by atoms with Crippen LogP contribution in [0.3, 0.4) is 0 Å². The summed E-state index contributed by atoms with van der Waals surface area (Å²) >= 11 is 6.08. The molecule has 26 heavy (non-hydrogen) atoms. The van der Waals surface area contributed by atoms with Crippen molar-refractivity contribution in [2.45, 2.75) is 32.7 Å². The molecule has 0 spiro atoms. The fourth-order valence-electron chi connectivity index (χ4n) is 2.54. The van der Waals surface area contributed by atoms with Crippen LogP contribution in [0.2, 0.25) is 5.02 Å². The van der Waals surface area contributed by atoms with E-state index in [9.17, 15) is 9.59 Å². The first-order valence-corrected chi connectivity index (χ1v) is 9.05. The Labute approximate surface area is 158 Å². The van der Waals surface area contributed by atoms with Crippen molar-refractivity contribution in [2.24, 2.45) is 5.92 Å². The molecule has 0 radical (unpaired) electrons. The van der Waals surface area contributed by atoms with E-state index >= 15 is 0 Å². The third-order valence-electron chi connectivity index (χ3n) is 4.40. The second-order valence-electron chi connectivity index (χ2n) is 6.61. The van der Waals surface area contributed by atoms with Gasteiger partial charge < -0.3 is 16.0 Å². The van der Waals surface area contributed by atoms with E-state index in [-0.39, 0.29) is 17.7 Å². The van der Waals surface area contributed by atoms with Crippen molar-refractivity contribution in [1.29, 1.82) is 0 Å². The highest BCUT2D eigenvalue weighted by Gasteiger charge is 2.29. The van der Waals surface area contributed by atoms with Crippen LogP contribution in [-0.4, -0.2) is 17.9 Å². The predicted octanol–water partition coefficient (Wildman–Crippen LogP) is 4.44. The highest BCUT2D eigenvalue weighted by atomic mass is 35.5. The Kier molecular flexibility index (Phi) is 5.47. The molecule has 0 aliphatic heterocycles. The zero-order valence-corrected chi connectivity index (χ0v) is 15.6. The molecule has 0 heterocycles. The molecule has 1 fully saturated rings. The molecule has 3 rings (SSSR count). The van der Waals surface area contributed by atoms with Crippen molar-refractivity contribution >= 4 is 40.5 Å². The van der Waals surface area contributed by atoms with Crippen molar-refractivity contribution < 1.29 is 9.59 Å². The van der Waals surface area contributed by atoms with Crippen molar-refractivity contribution in [3.05, 3.63) is 53.1 Å². The average Bonchev–Trinajstić information content (AvgIpc) is 3.45. The molecule has 136 valence electrons. The van der Waals surface area contributed by atoms with E-state index in [1.54, 1.807) is 19.1 Å². The summed E-state index contributed by atoms with van der Waals surface area (Å²) in [6, 6.07) is 12.3. The standard InChI is InChI=1S/C20H22ClN3O2/c1-12-17(21)4-3-5-18(12)24-19(25)13(2)22-15-8-10-16(11-9-15)23-20(26)14-6-7-14/h3-5,8-11,13-14,22H,6-7H2,1-2H3,(H,23,26)(H,24,25)/t13-/m0/s1. The third kappa shape index (κ3) is 4.55. The molecule has 2 aromatic rings. The first-order chi connectivity index (χ1) is 12.4. The van der Waals surface area contributed by atoms with E-state index in [2.05, 4.69) is 16.0 Å². The molecule has 0 aromatic heterocycles. The van der Waals surface area contributed by atoms with Crippen LogP contribution in [0, 0.1) is 12.8 Å². The number of anilines is 3. The second kappa shape index (κ2) is 7.79. The quantitative estimate of drug-likeness (QED) is 0.703. The van der Waals surface area contributed by atoms with Gasteiger partial charge >= 0.3 is 0 Å². The molecule has 5 nitrogen and oxygen atoms in total. The lowest BCUT2D eigenvalue weighted by molar-refractivity contribution is -0.117. The van der Waals surface area contributed by atoms with Crippen LogP contribution in [0.5, 0.6) is 0 Å². The summed E-state index contributed by atoms with van der Waals surface area (Å²) in [4.78, 5) is 24.2. The van der Waals surface area contributed by atoms with Crippen LogP contribution in [0.15, 0.2) is 42.5 Å². The molecule has 1 aliphatic carbocycles. The summed E-state index contributed by atoms with van der Waals surface area (Å²) < 4.78 is 0. The topological polar surface area (TPSA) is 70.2 Å². The third-order valence-corrected chi connectivity index (χ3v) is 4.81. The number of rotatable bonds is 6. The molecule has 2 amide bonds. The minimum absolute atomic E-state index is 0.0790. The van der Waals surface area contributed by atoms with Gasteiger partial charge in [-0.2, -0.15) is 0 Å². The molecule has 0 saturated heterocycles. The van der Waals surface area contributed by atoms with Crippen molar-refractivity contribution in [3.63, 3.8) is 0 Å². The summed E-state index contributed by atoms with van der Waals surface area (Å²) in [6.07, 6.45) is 1.95. The Morgan fingerprint density at radius 2 is 1.69 bits per heavy atom. The van der Waals surface area contributed by atoms with Crippen molar-refractivity contribution in [1.82, 2.24) is 0 Å². The molecule has 3 N–H and O–H groups in total. The molecule has 1 aliphatic rings.